The Kier molecular flexibility index (Phi) is 3.16. The van der Waals surface area contributed by atoms with Gasteiger partial charge in [0, 0.05) is 15.6 Å². The van der Waals surface area contributed by atoms with Crippen LogP contribution in [0, 0.1) is 33.5 Å². The molecule has 0 radical (unpaired) electrons. The van der Waals surface area contributed by atoms with Crippen molar-refractivity contribution in [2.24, 2.45) is 21.6 Å². The number of fused-ring (bicyclic) bond motifs is 2. The molecule has 1 aromatic rings. The van der Waals surface area contributed by atoms with E-state index in [9.17, 15) is 10.5 Å². The van der Waals surface area contributed by atoms with Crippen molar-refractivity contribution < 1.29 is 4.74 Å². The van der Waals surface area contributed by atoms with Gasteiger partial charge in [-0.3, -0.25) is 0 Å². The molecule has 1 saturated heterocycles. The Labute approximate surface area is 153 Å². The molecule has 0 bridgehead atoms. The van der Waals surface area contributed by atoms with Crippen molar-refractivity contribution >= 4 is 33.5 Å². The van der Waals surface area contributed by atoms with Gasteiger partial charge in [-0.15, -0.1) is 0 Å². The Balaban J connectivity index is 2.03. The first-order chi connectivity index (χ1) is 11.5. The lowest BCUT2D eigenvalue weighted by Crippen LogP contribution is -2.39. The molecule has 0 unspecified atom stereocenters. The van der Waals surface area contributed by atoms with Gasteiger partial charge in [0.25, 0.3) is 0 Å². The number of benzene rings is 1. The maximum absolute atomic E-state index is 10.3. The van der Waals surface area contributed by atoms with E-state index in [1.165, 1.54) is 11.8 Å². The van der Waals surface area contributed by atoms with Crippen LogP contribution in [0.5, 0.6) is 0 Å². The monoisotopic (exact) mass is 402 g/mol. The number of nitrogens with zero attached hydrogens (tertiary/aromatic N) is 3. The van der Waals surface area contributed by atoms with Crippen LogP contribution < -0.4 is 5.73 Å². The van der Waals surface area contributed by atoms with Crippen LogP contribution in [0.4, 0.5) is 0 Å². The number of aliphatic imine (C=N–C) groups is 1. The van der Waals surface area contributed by atoms with Gasteiger partial charge in [0.2, 0.25) is 5.06 Å². The Morgan fingerprint density at radius 1 is 1.33 bits per heavy atom. The van der Waals surface area contributed by atoms with E-state index >= 15 is 0 Å². The topological polar surface area (TPSA) is 95.2 Å². The molecular formula is C17H15BrN4OS. The molecule has 1 saturated carbocycles. The molecule has 2 fully saturated rings. The lowest BCUT2D eigenvalue weighted by molar-refractivity contribution is 0.0137. The molecule has 5 nitrogen and oxygen atoms in total. The van der Waals surface area contributed by atoms with E-state index < -0.39 is 21.3 Å². The number of rotatable bonds is 2. The Morgan fingerprint density at radius 2 is 2.04 bits per heavy atom. The first kappa shape index (κ1) is 16.0. The molecule has 0 amide bonds. The fourth-order valence-electron chi connectivity index (χ4n) is 4.94. The summed E-state index contributed by atoms with van der Waals surface area (Å²) in [5.74, 6) is 0.965. The minimum Gasteiger partial charge on any atom is -0.386 e. The van der Waals surface area contributed by atoms with Gasteiger partial charge in [0.15, 0.2) is 10.8 Å². The highest BCUT2D eigenvalue weighted by Gasteiger charge is 3.00. The first-order valence-electron chi connectivity index (χ1n) is 7.74. The molecule has 122 valence electrons. The van der Waals surface area contributed by atoms with Crippen molar-refractivity contribution in [2.45, 2.75) is 23.8 Å². The second-order valence-corrected chi connectivity index (χ2v) is 8.43. The lowest BCUT2D eigenvalue weighted by atomic mass is 9.81. The predicted octanol–water partition coefficient (Wildman–Crippen LogP) is 2.92. The molecule has 1 spiro atoms. The van der Waals surface area contributed by atoms with Gasteiger partial charge in [-0.25, -0.2) is 4.99 Å². The smallest absolute Gasteiger partial charge is 0.231 e. The maximum Gasteiger partial charge on any atom is 0.231 e. The zero-order chi connectivity index (χ0) is 17.2. The van der Waals surface area contributed by atoms with Gasteiger partial charge < -0.3 is 10.5 Å². The van der Waals surface area contributed by atoms with E-state index in [0.717, 1.165) is 15.8 Å². The van der Waals surface area contributed by atoms with Gasteiger partial charge in [-0.1, -0.05) is 46.7 Å². The Bertz CT molecular complexity index is 836. The number of thioether (sulfide) groups is 1. The fraction of sp³-hybridized carbons (Fsp3) is 0.471. The quantitative estimate of drug-likeness (QED) is 0.819. The van der Waals surface area contributed by atoms with Gasteiger partial charge in [0.05, 0.1) is 18.7 Å². The molecule has 0 aromatic heterocycles. The van der Waals surface area contributed by atoms with Gasteiger partial charge in [-0.2, -0.15) is 10.5 Å². The molecule has 7 heteroatoms. The average Bonchev–Trinajstić information content (AvgIpc) is 2.81. The van der Waals surface area contributed by atoms with Crippen molar-refractivity contribution in [3.8, 4) is 12.1 Å². The number of nitrogens with two attached hydrogens (primary N) is 1. The molecule has 1 aliphatic carbocycles. The number of hydrogen-bond acceptors (Lipinski definition) is 6. The summed E-state index contributed by atoms with van der Waals surface area (Å²) in [5.41, 5.74) is 4.25. The largest absolute Gasteiger partial charge is 0.386 e. The molecule has 2 aliphatic heterocycles. The van der Waals surface area contributed by atoms with Crippen molar-refractivity contribution in [1.29, 1.82) is 10.5 Å². The van der Waals surface area contributed by atoms with E-state index in [1.807, 2.05) is 31.2 Å². The Morgan fingerprint density at radius 3 is 2.54 bits per heavy atom. The third-order valence-corrected chi connectivity index (χ3v) is 7.59. The molecule has 24 heavy (non-hydrogen) atoms. The second-order valence-electron chi connectivity index (χ2n) is 6.27. The highest BCUT2D eigenvalue weighted by atomic mass is 79.9. The third kappa shape index (κ3) is 1.29. The van der Waals surface area contributed by atoms with Crippen molar-refractivity contribution in [2.75, 3.05) is 12.4 Å². The molecular weight excluding hydrogens is 388 g/mol. The number of nitriles is 2. The normalized spacial score (nSPS) is 42.2. The zero-order valence-electron chi connectivity index (χ0n) is 13.0. The standard InChI is InChI=1S/C17H15BrN4OS/c1-2-14(11-3-5-12(18)6-4-11)15(9-19)13(21)22-17(16(14,15)10-20)23-7-8-24-17/h3-6H,2,7-8H2,1H3,(H2,21,22)/t14-,15+,16-,17-/m1/s1. The summed E-state index contributed by atoms with van der Waals surface area (Å²) in [6.45, 7) is 2.51. The SMILES string of the molecule is CC[C@@]1(c2ccc(Br)cc2)[C@]2(C#N)C(N)=N[C@@]3(OCCS3)[C@@]21C#N. The summed E-state index contributed by atoms with van der Waals surface area (Å²) in [5, 5.41) is 19.3. The number of amidine groups is 1. The van der Waals surface area contributed by atoms with Gasteiger partial charge >= 0.3 is 0 Å². The molecule has 2 N–H and O–H groups in total. The van der Waals surface area contributed by atoms with Crippen LogP contribution in [0.3, 0.4) is 0 Å². The average molecular weight is 403 g/mol. The minimum absolute atomic E-state index is 0.228. The fourth-order valence-corrected chi connectivity index (χ4v) is 6.57. The van der Waals surface area contributed by atoms with Crippen LogP contribution in [0.2, 0.25) is 0 Å². The minimum atomic E-state index is -1.14. The van der Waals surface area contributed by atoms with Crippen LogP contribution in [0.1, 0.15) is 18.9 Å². The lowest BCUT2D eigenvalue weighted by Gasteiger charge is -2.31. The van der Waals surface area contributed by atoms with Crippen molar-refractivity contribution in [3.63, 3.8) is 0 Å². The third-order valence-electron chi connectivity index (χ3n) is 5.79. The van der Waals surface area contributed by atoms with Gasteiger partial charge in [-0.05, 0) is 24.1 Å². The Hall–Kier alpha value is -1.54. The molecule has 3 aliphatic rings. The van der Waals surface area contributed by atoms with Crippen molar-refractivity contribution in [3.05, 3.63) is 34.3 Å². The summed E-state index contributed by atoms with van der Waals surface area (Å²) in [7, 11) is 0. The summed E-state index contributed by atoms with van der Waals surface area (Å²) in [6.07, 6.45) is 0.609. The number of hydrogen-bond donors (Lipinski definition) is 1. The van der Waals surface area contributed by atoms with Crippen LogP contribution in [0.15, 0.2) is 33.7 Å². The van der Waals surface area contributed by atoms with Crippen molar-refractivity contribution in [1.82, 2.24) is 0 Å². The van der Waals surface area contributed by atoms with Crippen LogP contribution in [-0.2, 0) is 10.2 Å². The predicted molar refractivity (Wildman–Crippen MR) is 95.0 cm³/mol. The first-order valence-corrected chi connectivity index (χ1v) is 9.52. The molecule has 4 atom stereocenters. The summed E-state index contributed by atoms with van der Waals surface area (Å²) < 4.78 is 6.91. The van der Waals surface area contributed by atoms with E-state index in [2.05, 4.69) is 33.1 Å². The van der Waals surface area contributed by atoms with Crippen LogP contribution in [0.25, 0.3) is 0 Å². The summed E-state index contributed by atoms with van der Waals surface area (Å²) >= 11 is 4.93. The molecule has 4 rings (SSSR count). The molecule has 1 aromatic carbocycles. The maximum atomic E-state index is 10.3. The zero-order valence-corrected chi connectivity index (χ0v) is 15.4. The van der Waals surface area contributed by atoms with Gasteiger partial charge in [0.1, 0.15) is 5.84 Å². The highest BCUT2D eigenvalue weighted by molar-refractivity contribution is 9.10. The second kappa shape index (κ2) is 4.76. The van der Waals surface area contributed by atoms with Crippen LogP contribution >= 0.6 is 27.7 Å². The van der Waals surface area contributed by atoms with E-state index in [4.69, 9.17) is 10.5 Å². The van der Waals surface area contributed by atoms with E-state index in [0.29, 0.717) is 13.0 Å². The summed E-state index contributed by atoms with van der Waals surface area (Å²) in [6, 6.07) is 12.6. The molecule has 2 heterocycles. The number of halogens is 1. The highest BCUT2D eigenvalue weighted by Crippen LogP contribution is 2.88. The number of ether oxygens (including phenoxy) is 1. The van der Waals surface area contributed by atoms with E-state index in [-0.39, 0.29) is 5.84 Å². The van der Waals surface area contributed by atoms with Crippen LogP contribution in [-0.4, -0.2) is 23.3 Å². The van der Waals surface area contributed by atoms with E-state index in [1.54, 1.807) is 0 Å². The summed E-state index contributed by atoms with van der Waals surface area (Å²) in [4.78, 5) is 4.50.